The average molecular weight is 469 g/mol. The molecule has 2 aromatic heterocycles. The van der Waals surface area contributed by atoms with E-state index < -0.39 is 0 Å². The number of hydrogen-bond acceptors (Lipinski definition) is 3. The molecule has 4 aromatic rings. The zero-order chi connectivity index (χ0) is 24.0. The molecule has 0 saturated carbocycles. The quantitative estimate of drug-likeness (QED) is 0.361. The highest BCUT2D eigenvalue weighted by atomic mass is 32.1. The van der Waals surface area contributed by atoms with Gasteiger partial charge in [-0.2, -0.15) is 0 Å². The Morgan fingerprint density at radius 2 is 1.71 bits per heavy atom. The Morgan fingerprint density at radius 3 is 2.41 bits per heavy atom. The molecular weight excluding hydrogens is 440 g/mol. The first kappa shape index (κ1) is 22.2. The van der Waals surface area contributed by atoms with E-state index in [0.717, 1.165) is 11.4 Å². The Hall–Kier alpha value is -3.64. The molecule has 0 radical (unpaired) electrons. The fourth-order valence-corrected chi connectivity index (χ4v) is 5.33. The van der Waals surface area contributed by atoms with Crippen molar-refractivity contribution in [2.24, 2.45) is 0 Å². The summed E-state index contributed by atoms with van der Waals surface area (Å²) in [6, 6.07) is 21.8. The highest BCUT2D eigenvalue weighted by Gasteiger charge is 2.42. The van der Waals surface area contributed by atoms with E-state index in [9.17, 15) is 5.11 Å². The summed E-state index contributed by atoms with van der Waals surface area (Å²) in [5.41, 5.74) is 9.06. The molecule has 2 atom stereocenters. The number of thiocarbonyl (C=S) groups is 1. The minimum absolute atomic E-state index is 0.1000. The van der Waals surface area contributed by atoms with Gasteiger partial charge in [-0.1, -0.05) is 18.2 Å². The molecule has 5 nitrogen and oxygen atoms in total. The molecule has 1 saturated heterocycles. The number of anilines is 1. The minimum Gasteiger partial charge on any atom is -0.508 e. The van der Waals surface area contributed by atoms with Crippen molar-refractivity contribution in [3.63, 3.8) is 0 Å². The molecule has 1 aliphatic heterocycles. The van der Waals surface area contributed by atoms with Crippen molar-refractivity contribution in [2.45, 2.75) is 39.8 Å². The van der Waals surface area contributed by atoms with Gasteiger partial charge in [0.2, 0.25) is 0 Å². The molecule has 172 valence electrons. The zero-order valence-electron chi connectivity index (χ0n) is 19.8. The maximum absolute atomic E-state index is 9.86. The molecule has 2 N–H and O–H groups in total. The van der Waals surface area contributed by atoms with E-state index in [2.05, 4.69) is 71.7 Å². The molecular formula is C28H28N4OS. The molecule has 2 aromatic carbocycles. The number of phenols is 1. The van der Waals surface area contributed by atoms with Crippen LogP contribution in [0.3, 0.4) is 0 Å². The summed E-state index contributed by atoms with van der Waals surface area (Å²) in [4.78, 5) is 6.80. The van der Waals surface area contributed by atoms with Gasteiger partial charge in [0.15, 0.2) is 5.11 Å². The number of aryl methyl sites for hydroxylation is 3. The van der Waals surface area contributed by atoms with Crippen LogP contribution >= 0.6 is 12.2 Å². The smallest absolute Gasteiger partial charge is 0.174 e. The van der Waals surface area contributed by atoms with Crippen molar-refractivity contribution in [2.75, 3.05) is 4.90 Å². The van der Waals surface area contributed by atoms with E-state index in [-0.39, 0.29) is 17.8 Å². The normalized spacial score (nSPS) is 17.8. The number of phenolic OH excluding ortho intramolecular Hbond substituents is 1. The Balaban J connectivity index is 1.70. The molecule has 34 heavy (non-hydrogen) atoms. The molecule has 0 amide bonds. The van der Waals surface area contributed by atoms with Gasteiger partial charge >= 0.3 is 0 Å². The van der Waals surface area contributed by atoms with Gasteiger partial charge in [-0.15, -0.1) is 0 Å². The summed E-state index contributed by atoms with van der Waals surface area (Å²) < 4.78 is 2.34. The van der Waals surface area contributed by atoms with Crippen LogP contribution in [0.2, 0.25) is 0 Å². The van der Waals surface area contributed by atoms with Crippen LogP contribution in [-0.2, 0) is 0 Å². The predicted octanol–water partition coefficient (Wildman–Crippen LogP) is 5.99. The van der Waals surface area contributed by atoms with E-state index in [0.29, 0.717) is 5.11 Å². The number of aromatic nitrogens is 2. The Labute approximate surface area is 205 Å². The van der Waals surface area contributed by atoms with Crippen LogP contribution in [0, 0.1) is 27.7 Å². The lowest BCUT2D eigenvalue weighted by Crippen LogP contribution is -2.29. The van der Waals surface area contributed by atoms with E-state index >= 15 is 0 Å². The van der Waals surface area contributed by atoms with Gasteiger partial charge < -0.3 is 19.9 Å². The van der Waals surface area contributed by atoms with Crippen LogP contribution < -0.4 is 10.2 Å². The first-order valence-corrected chi connectivity index (χ1v) is 11.8. The van der Waals surface area contributed by atoms with Crippen molar-refractivity contribution in [3.05, 3.63) is 107 Å². The fraction of sp³-hybridized carbons (Fsp3) is 0.214. The van der Waals surface area contributed by atoms with E-state index in [4.69, 9.17) is 12.2 Å². The molecule has 5 rings (SSSR count). The summed E-state index contributed by atoms with van der Waals surface area (Å²) >= 11 is 5.84. The average Bonchev–Trinajstić information content (AvgIpc) is 3.32. The van der Waals surface area contributed by atoms with Gasteiger partial charge in [-0.05, 0) is 105 Å². The Morgan fingerprint density at radius 1 is 0.941 bits per heavy atom. The summed E-state index contributed by atoms with van der Waals surface area (Å²) in [5.74, 6) is 0.229. The standard InChI is InChI=1S/C28H28N4OS/c1-17-8-9-18(2)25(15-17)31-19(3)16-23(20(31)4)27-26(24-7-5-6-14-29-24)30-28(34)32(27)21-10-12-22(33)13-11-21/h5-16,26-27,33H,1-4H3,(H,30,34). The van der Waals surface area contributed by atoms with Gasteiger partial charge in [0, 0.05) is 29.0 Å². The first-order valence-electron chi connectivity index (χ1n) is 11.4. The van der Waals surface area contributed by atoms with Crippen molar-refractivity contribution < 1.29 is 5.11 Å². The fourth-order valence-electron chi connectivity index (χ4n) is 4.98. The molecule has 3 heterocycles. The number of benzene rings is 2. The van der Waals surface area contributed by atoms with Crippen LogP contribution in [0.25, 0.3) is 5.69 Å². The lowest BCUT2D eigenvalue weighted by Gasteiger charge is -2.28. The van der Waals surface area contributed by atoms with Gasteiger partial charge in [-0.3, -0.25) is 4.98 Å². The number of hydrogen-bond donors (Lipinski definition) is 2. The van der Waals surface area contributed by atoms with Gasteiger partial charge in [0.25, 0.3) is 0 Å². The zero-order valence-corrected chi connectivity index (χ0v) is 20.6. The maximum Gasteiger partial charge on any atom is 0.174 e. The van der Waals surface area contributed by atoms with Crippen LogP contribution in [0.15, 0.2) is 72.9 Å². The number of nitrogens with zero attached hydrogens (tertiary/aromatic N) is 3. The van der Waals surface area contributed by atoms with E-state index in [1.165, 1.54) is 33.8 Å². The highest BCUT2D eigenvalue weighted by Crippen LogP contribution is 2.44. The number of nitrogens with one attached hydrogen (secondary N) is 1. The second kappa shape index (κ2) is 8.61. The number of aromatic hydroxyl groups is 1. The second-order valence-corrected chi connectivity index (χ2v) is 9.35. The van der Waals surface area contributed by atoms with Gasteiger partial charge in [-0.25, -0.2) is 0 Å². The Bertz CT molecular complexity index is 1360. The van der Waals surface area contributed by atoms with Crippen molar-refractivity contribution >= 4 is 23.0 Å². The van der Waals surface area contributed by atoms with Crippen molar-refractivity contribution in [3.8, 4) is 11.4 Å². The van der Waals surface area contributed by atoms with Gasteiger partial charge in [0.05, 0.1) is 17.8 Å². The lowest BCUT2D eigenvalue weighted by atomic mass is 9.96. The first-order chi connectivity index (χ1) is 16.3. The summed E-state index contributed by atoms with van der Waals surface area (Å²) in [6.45, 7) is 8.61. The molecule has 0 aliphatic carbocycles. The summed E-state index contributed by atoms with van der Waals surface area (Å²) in [7, 11) is 0. The third-order valence-corrected chi connectivity index (χ3v) is 6.93. The third-order valence-electron chi connectivity index (χ3n) is 6.62. The number of pyridine rings is 1. The highest BCUT2D eigenvalue weighted by molar-refractivity contribution is 7.80. The summed E-state index contributed by atoms with van der Waals surface area (Å²) in [5, 5.41) is 14.0. The SMILES string of the molecule is Cc1ccc(C)c(-n2c(C)cc(C3C(c4ccccn4)NC(=S)N3c3ccc(O)cc3)c2C)c1. The molecule has 6 heteroatoms. The lowest BCUT2D eigenvalue weighted by molar-refractivity contribution is 0.475. The Kier molecular flexibility index (Phi) is 5.62. The summed E-state index contributed by atoms with van der Waals surface area (Å²) in [6.07, 6.45) is 1.82. The molecule has 1 aliphatic rings. The van der Waals surface area contributed by atoms with Crippen LogP contribution in [0.4, 0.5) is 5.69 Å². The molecule has 1 fully saturated rings. The molecule has 0 bridgehead atoms. The number of rotatable bonds is 4. The minimum atomic E-state index is -0.116. The van der Waals surface area contributed by atoms with Crippen molar-refractivity contribution in [1.29, 1.82) is 0 Å². The molecule has 2 unspecified atom stereocenters. The van der Waals surface area contributed by atoms with E-state index in [1.807, 2.05) is 36.5 Å². The van der Waals surface area contributed by atoms with Crippen molar-refractivity contribution in [1.82, 2.24) is 14.9 Å². The largest absolute Gasteiger partial charge is 0.508 e. The third kappa shape index (κ3) is 3.74. The van der Waals surface area contributed by atoms with Crippen LogP contribution in [-0.4, -0.2) is 19.8 Å². The van der Waals surface area contributed by atoms with Gasteiger partial charge in [0.1, 0.15) is 5.75 Å². The predicted molar refractivity (Wildman–Crippen MR) is 141 cm³/mol. The van der Waals surface area contributed by atoms with Crippen LogP contribution in [0.5, 0.6) is 5.75 Å². The van der Waals surface area contributed by atoms with Crippen LogP contribution in [0.1, 0.15) is 45.9 Å². The molecule has 0 spiro atoms. The second-order valence-electron chi connectivity index (χ2n) is 8.96. The maximum atomic E-state index is 9.86. The van der Waals surface area contributed by atoms with E-state index in [1.54, 1.807) is 12.1 Å². The topological polar surface area (TPSA) is 53.3 Å². The monoisotopic (exact) mass is 468 g/mol.